The molecule has 2 rings (SSSR count). The van der Waals surface area contributed by atoms with E-state index in [9.17, 15) is 4.79 Å². The Morgan fingerprint density at radius 3 is 2.65 bits per heavy atom. The average molecular weight is 445 g/mol. The number of halogens is 2. The summed E-state index contributed by atoms with van der Waals surface area (Å²) in [5, 5.41) is 2.87. The maximum Gasteiger partial charge on any atom is 0.252 e. The molecule has 20 heavy (non-hydrogen) atoms. The third-order valence-corrected chi connectivity index (χ3v) is 4.25. The molecule has 5 heteroatoms. The Labute approximate surface area is 140 Å². The van der Waals surface area contributed by atoms with E-state index in [1.165, 1.54) is 0 Å². The molecule has 0 radical (unpaired) electrons. The molecule has 2 aromatic rings. The summed E-state index contributed by atoms with van der Waals surface area (Å²) >= 11 is 5.57. The van der Waals surface area contributed by atoms with Gasteiger partial charge in [0.2, 0.25) is 0 Å². The fourth-order valence-electron chi connectivity index (χ4n) is 1.79. The number of rotatable bonds is 4. The number of hydrogen-bond acceptors (Lipinski definition) is 2. The van der Waals surface area contributed by atoms with Crippen LogP contribution in [0.3, 0.4) is 0 Å². The molecule has 3 nitrogen and oxygen atoms in total. The van der Waals surface area contributed by atoms with Crippen LogP contribution < -0.4 is 11.1 Å². The molecule has 0 heterocycles. The van der Waals surface area contributed by atoms with E-state index in [0.29, 0.717) is 12.1 Å². The second-order valence-corrected chi connectivity index (χ2v) is 6.45. The van der Waals surface area contributed by atoms with Gasteiger partial charge < -0.3 is 11.1 Å². The molecule has 0 fully saturated rings. The lowest BCUT2D eigenvalue weighted by Gasteiger charge is -2.13. The quantitative estimate of drug-likeness (QED) is 0.709. The first-order valence-electron chi connectivity index (χ1n) is 6.11. The maximum atomic E-state index is 12.2. The van der Waals surface area contributed by atoms with Gasteiger partial charge in [-0.2, -0.15) is 0 Å². The molecule has 0 bridgehead atoms. The molecule has 0 saturated carbocycles. The highest BCUT2D eigenvalue weighted by molar-refractivity contribution is 14.1. The number of nitrogens with one attached hydrogen (secondary N) is 1. The van der Waals surface area contributed by atoms with Crippen molar-refractivity contribution >= 4 is 44.4 Å². The van der Waals surface area contributed by atoms with E-state index >= 15 is 0 Å². The summed E-state index contributed by atoms with van der Waals surface area (Å²) in [4.78, 5) is 12.2. The van der Waals surface area contributed by atoms with E-state index in [0.717, 1.165) is 13.6 Å². The molecule has 0 aliphatic carbocycles. The zero-order chi connectivity index (χ0) is 14.5. The molecule has 2 aromatic carbocycles. The molecule has 0 aliphatic heterocycles. The first-order chi connectivity index (χ1) is 9.58. The minimum absolute atomic E-state index is 0.123. The molecule has 1 atom stereocenters. The molecule has 3 N–H and O–H groups in total. The number of carbonyl (C=O) groups is 1. The lowest BCUT2D eigenvalue weighted by atomic mass is 10.1. The standard InChI is InChI=1S/C15H14BrIN2O/c16-13-7-6-11(17)8-12(13)15(20)19-9-14(18)10-4-2-1-3-5-10/h1-8,14H,9,18H2,(H,19,20). The van der Waals surface area contributed by atoms with Crippen LogP contribution in [0.1, 0.15) is 22.0 Å². The van der Waals surface area contributed by atoms with Crippen LogP contribution in [-0.2, 0) is 0 Å². The van der Waals surface area contributed by atoms with Crippen LogP contribution in [0.15, 0.2) is 53.0 Å². The lowest BCUT2D eigenvalue weighted by molar-refractivity contribution is 0.0950. The van der Waals surface area contributed by atoms with Gasteiger partial charge in [-0.15, -0.1) is 0 Å². The summed E-state index contributed by atoms with van der Waals surface area (Å²) in [5.41, 5.74) is 7.69. The predicted molar refractivity (Wildman–Crippen MR) is 92.6 cm³/mol. The largest absolute Gasteiger partial charge is 0.350 e. The average Bonchev–Trinajstić information content (AvgIpc) is 2.47. The number of carbonyl (C=O) groups excluding carboxylic acids is 1. The molecular weight excluding hydrogens is 431 g/mol. The van der Waals surface area contributed by atoms with Crippen molar-refractivity contribution in [2.75, 3.05) is 6.54 Å². The lowest BCUT2D eigenvalue weighted by Crippen LogP contribution is -2.32. The van der Waals surface area contributed by atoms with Gasteiger partial charge in [0.15, 0.2) is 0 Å². The number of nitrogens with two attached hydrogens (primary N) is 1. The Morgan fingerprint density at radius 2 is 1.95 bits per heavy atom. The van der Waals surface area contributed by atoms with Gasteiger partial charge in [-0.05, 0) is 62.3 Å². The Hall–Kier alpha value is -0.920. The Kier molecular flexibility index (Phi) is 5.56. The SMILES string of the molecule is NC(CNC(=O)c1cc(I)ccc1Br)c1ccccc1. The smallest absolute Gasteiger partial charge is 0.252 e. The molecule has 0 aromatic heterocycles. The molecule has 0 aliphatic rings. The van der Waals surface area contributed by atoms with Gasteiger partial charge in [0.25, 0.3) is 5.91 Å². The van der Waals surface area contributed by atoms with Crippen molar-refractivity contribution in [3.05, 3.63) is 67.7 Å². The Morgan fingerprint density at radius 1 is 1.25 bits per heavy atom. The zero-order valence-electron chi connectivity index (χ0n) is 10.6. The first kappa shape index (κ1) is 15.5. The summed E-state index contributed by atoms with van der Waals surface area (Å²) in [5.74, 6) is -0.123. The van der Waals surface area contributed by atoms with Crippen molar-refractivity contribution < 1.29 is 4.79 Å². The number of benzene rings is 2. The highest BCUT2D eigenvalue weighted by Crippen LogP contribution is 2.19. The van der Waals surface area contributed by atoms with Crippen molar-refractivity contribution in [3.8, 4) is 0 Å². The van der Waals surface area contributed by atoms with Gasteiger partial charge in [-0.1, -0.05) is 30.3 Å². The summed E-state index contributed by atoms with van der Waals surface area (Å²) in [6, 6.07) is 15.2. The molecular formula is C15H14BrIN2O. The van der Waals surface area contributed by atoms with Gasteiger partial charge in [-0.25, -0.2) is 0 Å². The summed E-state index contributed by atoms with van der Waals surface area (Å²) in [6.07, 6.45) is 0. The van der Waals surface area contributed by atoms with Gasteiger partial charge in [0.1, 0.15) is 0 Å². The monoisotopic (exact) mass is 444 g/mol. The van der Waals surface area contributed by atoms with E-state index in [4.69, 9.17) is 5.73 Å². The molecule has 0 saturated heterocycles. The summed E-state index contributed by atoms with van der Waals surface area (Å²) < 4.78 is 1.80. The highest BCUT2D eigenvalue weighted by Gasteiger charge is 2.12. The van der Waals surface area contributed by atoms with E-state index in [1.807, 2.05) is 48.5 Å². The van der Waals surface area contributed by atoms with Crippen LogP contribution in [0, 0.1) is 3.57 Å². The van der Waals surface area contributed by atoms with E-state index in [1.54, 1.807) is 0 Å². The van der Waals surface area contributed by atoms with Crippen LogP contribution >= 0.6 is 38.5 Å². The van der Waals surface area contributed by atoms with Gasteiger partial charge in [-0.3, -0.25) is 4.79 Å². The Balaban J connectivity index is 2.00. The number of hydrogen-bond donors (Lipinski definition) is 2. The highest BCUT2D eigenvalue weighted by atomic mass is 127. The van der Waals surface area contributed by atoms with Crippen molar-refractivity contribution in [1.82, 2.24) is 5.32 Å². The predicted octanol–water partition coefficient (Wildman–Crippen LogP) is 3.48. The number of amides is 1. The van der Waals surface area contributed by atoms with E-state index in [-0.39, 0.29) is 11.9 Å². The molecule has 1 unspecified atom stereocenters. The fourth-order valence-corrected chi connectivity index (χ4v) is 2.71. The van der Waals surface area contributed by atoms with E-state index in [2.05, 4.69) is 43.8 Å². The van der Waals surface area contributed by atoms with Crippen LogP contribution in [0.4, 0.5) is 0 Å². The third-order valence-electron chi connectivity index (χ3n) is 2.88. The third kappa shape index (κ3) is 4.04. The first-order valence-corrected chi connectivity index (χ1v) is 7.99. The van der Waals surface area contributed by atoms with E-state index < -0.39 is 0 Å². The summed E-state index contributed by atoms with van der Waals surface area (Å²) in [6.45, 7) is 0.404. The van der Waals surface area contributed by atoms with Crippen molar-refractivity contribution in [1.29, 1.82) is 0 Å². The maximum absolute atomic E-state index is 12.2. The minimum atomic E-state index is -0.207. The van der Waals surface area contributed by atoms with Crippen LogP contribution in [0.25, 0.3) is 0 Å². The normalized spacial score (nSPS) is 11.9. The second kappa shape index (κ2) is 7.19. The van der Waals surface area contributed by atoms with Gasteiger partial charge in [0.05, 0.1) is 5.56 Å². The minimum Gasteiger partial charge on any atom is -0.350 e. The molecule has 1 amide bonds. The second-order valence-electron chi connectivity index (χ2n) is 4.35. The molecule has 0 spiro atoms. The van der Waals surface area contributed by atoms with Crippen molar-refractivity contribution in [2.45, 2.75) is 6.04 Å². The zero-order valence-corrected chi connectivity index (χ0v) is 14.4. The fraction of sp³-hybridized carbons (Fsp3) is 0.133. The topological polar surface area (TPSA) is 55.1 Å². The van der Waals surface area contributed by atoms with Gasteiger partial charge >= 0.3 is 0 Å². The van der Waals surface area contributed by atoms with Crippen molar-refractivity contribution in [3.63, 3.8) is 0 Å². The summed E-state index contributed by atoms with van der Waals surface area (Å²) in [7, 11) is 0. The van der Waals surface area contributed by atoms with Crippen LogP contribution in [0.5, 0.6) is 0 Å². The molecule has 104 valence electrons. The Bertz CT molecular complexity index is 604. The van der Waals surface area contributed by atoms with Gasteiger partial charge in [0, 0.05) is 20.6 Å². The van der Waals surface area contributed by atoms with Crippen molar-refractivity contribution in [2.24, 2.45) is 5.73 Å². The van der Waals surface area contributed by atoms with Crippen LogP contribution in [-0.4, -0.2) is 12.5 Å². The van der Waals surface area contributed by atoms with Crippen LogP contribution in [0.2, 0.25) is 0 Å².